The van der Waals surface area contributed by atoms with E-state index in [1.165, 1.54) is 17.4 Å². The third-order valence-corrected chi connectivity index (χ3v) is 6.94. The molecule has 2 atom stereocenters. The van der Waals surface area contributed by atoms with E-state index in [4.69, 9.17) is 0 Å². The summed E-state index contributed by atoms with van der Waals surface area (Å²) in [6, 6.07) is 8.30. The van der Waals surface area contributed by atoms with E-state index >= 15 is 0 Å². The van der Waals surface area contributed by atoms with Gasteiger partial charge in [0.15, 0.2) is 9.84 Å². The van der Waals surface area contributed by atoms with Gasteiger partial charge in [-0.15, -0.1) is 0 Å². The lowest BCUT2D eigenvalue weighted by atomic mass is 9.78. The van der Waals surface area contributed by atoms with Gasteiger partial charge in [-0.05, 0) is 56.6 Å². The Morgan fingerprint density at radius 3 is 2.65 bits per heavy atom. The number of aryl methyl sites for hydroxylation is 1. The predicted molar refractivity (Wildman–Crippen MR) is 81.7 cm³/mol. The van der Waals surface area contributed by atoms with Gasteiger partial charge in [0.25, 0.3) is 0 Å². The number of sulfone groups is 1. The minimum Gasteiger partial charge on any atom is -0.391 e. The summed E-state index contributed by atoms with van der Waals surface area (Å²) in [5.41, 5.74) is 2.62. The van der Waals surface area contributed by atoms with Crippen molar-refractivity contribution in [1.29, 1.82) is 0 Å². The maximum atomic E-state index is 11.8. The molecule has 1 aromatic carbocycles. The van der Waals surface area contributed by atoms with Gasteiger partial charge in [-0.3, -0.25) is 0 Å². The lowest BCUT2D eigenvalue weighted by Gasteiger charge is -2.33. The van der Waals surface area contributed by atoms with Gasteiger partial charge >= 0.3 is 0 Å². The smallest absolute Gasteiger partial charge is 0.155 e. The first-order valence-corrected chi connectivity index (χ1v) is 9.08. The first kappa shape index (κ1) is 15.5. The highest BCUT2D eigenvalue weighted by molar-refractivity contribution is 7.92. The van der Waals surface area contributed by atoms with Crippen LogP contribution in [0.15, 0.2) is 24.3 Å². The molecular weight excluding hydrogens is 272 g/mol. The molecule has 1 N–H and O–H groups in total. The number of benzene rings is 1. The van der Waals surface area contributed by atoms with Crippen molar-refractivity contribution in [3.63, 3.8) is 0 Å². The summed E-state index contributed by atoms with van der Waals surface area (Å²) in [5.74, 6) is 0.260. The molecule has 2 unspecified atom stereocenters. The molecular formula is C16H24O3S. The van der Waals surface area contributed by atoms with Crippen LogP contribution in [0.25, 0.3) is 0 Å². The van der Waals surface area contributed by atoms with Crippen molar-refractivity contribution in [1.82, 2.24) is 0 Å². The SMILES string of the molecule is CC(C)(C(O)CC1CCCc2ccccc21)S(C)(=O)=O. The monoisotopic (exact) mass is 296 g/mol. The van der Waals surface area contributed by atoms with Crippen LogP contribution >= 0.6 is 0 Å². The van der Waals surface area contributed by atoms with E-state index in [-0.39, 0.29) is 5.92 Å². The van der Waals surface area contributed by atoms with Crippen LogP contribution in [-0.4, -0.2) is 30.6 Å². The third-order valence-electron chi connectivity index (χ3n) is 4.76. The number of hydrogen-bond acceptors (Lipinski definition) is 3. The Morgan fingerprint density at radius 1 is 1.35 bits per heavy atom. The van der Waals surface area contributed by atoms with Crippen molar-refractivity contribution in [2.45, 2.75) is 56.3 Å². The van der Waals surface area contributed by atoms with Crippen molar-refractivity contribution in [2.75, 3.05) is 6.26 Å². The average molecular weight is 296 g/mol. The molecule has 0 saturated carbocycles. The van der Waals surface area contributed by atoms with Crippen LogP contribution in [0.2, 0.25) is 0 Å². The Kier molecular flexibility index (Phi) is 4.26. The number of aliphatic hydroxyl groups is 1. The van der Waals surface area contributed by atoms with Crippen LogP contribution < -0.4 is 0 Å². The average Bonchev–Trinajstić information content (AvgIpc) is 2.37. The third kappa shape index (κ3) is 2.91. The summed E-state index contributed by atoms with van der Waals surface area (Å²) in [6.07, 6.45) is 4.08. The van der Waals surface area contributed by atoms with E-state index in [0.29, 0.717) is 6.42 Å². The summed E-state index contributed by atoms with van der Waals surface area (Å²) in [4.78, 5) is 0. The quantitative estimate of drug-likeness (QED) is 0.929. The summed E-state index contributed by atoms with van der Waals surface area (Å²) >= 11 is 0. The second kappa shape index (κ2) is 5.49. The molecule has 0 bridgehead atoms. The molecule has 2 rings (SSSR count). The van der Waals surface area contributed by atoms with Crippen LogP contribution in [0.4, 0.5) is 0 Å². The van der Waals surface area contributed by atoms with Gasteiger partial charge in [0.2, 0.25) is 0 Å². The fourth-order valence-electron chi connectivity index (χ4n) is 2.90. The largest absolute Gasteiger partial charge is 0.391 e. The predicted octanol–water partition coefficient (Wildman–Crippen LogP) is 2.68. The zero-order chi connectivity index (χ0) is 15.0. The van der Waals surface area contributed by atoms with Gasteiger partial charge < -0.3 is 5.11 Å². The highest BCUT2D eigenvalue weighted by Crippen LogP contribution is 2.37. The highest BCUT2D eigenvalue weighted by atomic mass is 32.2. The zero-order valence-corrected chi connectivity index (χ0v) is 13.3. The lowest BCUT2D eigenvalue weighted by Crippen LogP contribution is -2.44. The Labute approximate surface area is 121 Å². The maximum Gasteiger partial charge on any atom is 0.155 e. The number of aliphatic hydroxyl groups excluding tert-OH is 1. The second-order valence-electron chi connectivity index (χ2n) is 6.42. The molecule has 1 aliphatic rings. The molecule has 0 saturated heterocycles. The van der Waals surface area contributed by atoms with E-state index in [1.807, 2.05) is 12.1 Å². The first-order chi connectivity index (χ1) is 9.23. The molecule has 0 aromatic heterocycles. The van der Waals surface area contributed by atoms with Gasteiger partial charge in [-0.1, -0.05) is 24.3 Å². The topological polar surface area (TPSA) is 54.4 Å². The van der Waals surface area contributed by atoms with Crippen molar-refractivity contribution < 1.29 is 13.5 Å². The van der Waals surface area contributed by atoms with Crippen molar-refractivity contribution in [2.24, 2.45) is 0 Å². The Morgan fingerprint density at radius 2 is 2.00 bits per heavy atom. The Balaban J connectivity index is 2.20. The molecule has 1 aliphatic carbocycles. The summed E-state index contributed by atoms with van der Waals surface area (Å²) in [6.45, 7) is 3.23. The summed E-state index contributed by atoms with van der Waals surface area (Å²) < 4.78 is 22.5. The minimum absolute atomic E-state index is 0.260. The Bertz CT molecular complexity index is 575. The molecule has 0 aliphatic heterocycles. The van der Waals surface area contributed by atoms with Gasteiger partial charge in [0.05, 0.1) is 10.9 Å². The van der Waals surface area contributed by atoms with Crippen molar-refractivity contribution in [3.05, 3.63) is 35.4 Å². The molecule has 0 spiro atoms. The van der Waals surface area contributed by atoms with E-state index in [2.05, 4.69) is 12.1 Å². The lowest BCUT2D eigenvalue weighted by molar-refractivity contribution is 0.117. The van der Waals surface area contributed by atoms with E-state index < -0.39 is 20.7 Å². The molecule has 0 amide bonds. The number of rotatable bonds is 4. The normalized spacial score (nSPS) is 21.3. The van der Waals surface area contributed by atoms with Gasteiger partial charge in [0.1, 0.15) is 0 Å². The van der Waals surface area contributed by atoms with Gasteiger partial charge in [0, 0.05) is 6.26 Å². The Hall–Kier alpha value is -0.870. The standard InChI is InChI=1S/C16H24O3S/c1-16(2,20(3,18)19)15(17)11-13-9-6-8-12-7-4-5-10-14(12)13/h4-5,7,10,13,15,17H,6,8-9,11H2,1-3H3. The fraction of sp³-hybridized carbons (Fsp3) is 0.625. The van der Waals surface area contributed by atoms with Crippen molar-refractivity contribution >= 4 is 9.84 Å². The molecule has 4 heteroatoms. The molecule has 0 heterocycles. The van der Waals surface area contributed by atoms with E-state index in [1.54, 1.807) is 13.8 Å². The first-order valence-electron chi connectivity index (χ1n) is 7.19. The molecule has 0 radical (unpaired) electrons. The number of fused-ring (bicyclic) bond motifs is 1. The summed E-state index contributed by atoms with van der Waals surface area (Å²) in [5, 5.41) is 10.4. The van der Waals surface area contributed by atoms with Crippen LogP contribution in [0.3, 0.4) is 0 Å². The molecule has 3 nitrogen and oxygen atoms in total. The van der Waals surface area contributed by atoms with Gasteiger partial charge in [-0.25, -0.2) is 8.42 Å². The zero-order valence-electron chi connectivity index (χ0n) is 12.5. The minimum atomic E-state index is -3.28. The van der Waals surface area contributed by atoms with Crippen LogP contribution in [-0.2, 0) is 16.3 Å². The van der Waals surface area contributed by atoms with Crippen LogP contribution in [0.1, 0.15) is 50.2 Å². The molecule has 0 fully saturated rings. The molecule has 112 valence electrons. The van der Waals surface area contributed by atoms with Crippen molar-refractivity contribution in [3.8, 4) is 0 Å². The van der Waals surface area contributed by atoms with E-state index in [9.17, 15) is 13.5 Å². The molecule has 20 heavy (non-hydrogen) atoms. The maximum absolute atomic E-state index is 11.8. The van der Waals surface area contributed by atoms with E-state index in [0.717, 1.165) is 19.3 Å². The number of hydrogen-bond donors (Lipinski definition) is 1. The van der Waals surface area contributed by atoms with Crippen LogP contribution in [0.5, 0.6) is 0 Å². The highest BCUT2D eigenvalue weighted by Gasteiger charge is 2.39. The summed E-state index contributed by atoms with van der Waals surface area (Å²) in [7, 11) is -3.28. The fourth-order valence-corrected chi connectivity index (χ4v) is 3.49. The van der Waals surface area contributed by atoms with Crippen LogP contribution in [0, 0.1) is 0 Å². The van der Waals surface area contributed by atoms with Gasteiger partial charge in [-0.2, -0.15) is 0 Å². The second-order valence-corrected chi connectivity index (χ2v) is 9.01. The molecule has 1 aromatic rings.